The highest BCUT2D eigenvalue weighted by Crippen LogP contribution is 2.33. The Hall–Kier alpha value is -0.0800. The van der Waals surface area contributed by atoms with Crippen LogP contribution in [0.4, 0.5) is 0 Å². The number of nitrogens with one attached hydrogen (secondary N) is 1. The molecule has 0 spiro atoms. The number of hydrogen-bond donors (Lipinski definition) is 1. The van der Waals surface area contributed by atoms with Crippen LogP contribution in [-0.2, 0) is 0 Å². The predicted molar refractivity (Wildman–Crippen MR) is 115 cm³/mol. The third-order valence-electron chi connectivity index (χ3n) is 5.62. The number of likely N-dealkylation sites (tertiary alicyclic amines) is 1. The van der Waals surface area contributed by atoms with Crippen molar-refractivity contribution in [1.29, 1.82) is 0 Å². The SMILES string of the molecule is CCCC1(C)CCCN(C(=NC)NCC2CN(C)CCN2C)C1.I. The summed E-state index contributed by atoms with van der Waals surface area (Å²) in [5.41, 5.74) is 0.451. The molecule has 0 amide bonds. The second-order valence-corrected chi connectivity index (χ2v) is 7.91. The van der Waals surface area contributed by atoms with E-state index in [0.717, 1.165) is 38.7 Å². The first kappa shape index (κ1) is 22.0. The maximum Gasteiger partial charge on any atom is 0.193 e. The molecule has 0 bridgehead atoms. The van der Waals surface area contributed by atoms with Gasteiger partial charge in [-0.3, -0.25) is 9.89 Å². The smallest absolute Gasteiger partial charge is 0.193 e. The Morgan fingerprint density at radius 1 is 1.25 bits per heavy atom. The van der Waals surface area contributed by atoms with Crippen LogP contribution in [0.1, 0.15) is 39.5 Å². The molecule has 5 nitrogen and oxygen atoms in total. The minimum Gasteiger partial charge on any atom is -0.355 e. The second kappa shape index (κ2) is 10.2. The summed E-state index contributed by atoms with van der Waals surface area (Å²) in [7, 11) is 6.38. The van der Waals surface area contributed by atoms with Crippen molar-refractivity contribution in [2.75, 3.05) is 60.4 Å². The second-order valence-electron chi connectivity index (χ2n) is 7.91. The minimum absolute atomic E-state index is 0. The fourth-order valence-electron chi connectivity index (χ4n) is 4.17. The van der Waals surface area contributed by atoms with Gasteiger partial charge in [-0.25, -0.2) is 0 Å². The molecule has 2 rings (SSSR count). The van der Waals surface area contributed by atoms with Crippen molar-refractivity contribution in [3.63, 3.8) is 0 Å². The van der Waals surface area contributed by atoms with Crippen LogP contribution in [0, 0.1) is 5.41 Å². The molecular formula is C18H38IN5. The van der Waals surface area contributed by atoms with E-state index in [0.29, 0.717) is 11.5 Å². The molecule has 24 heavy (non-hydrogen) atoms. The number of rotatable bonds is 4. The van der Waals surface area contributed by atoms with Crippen molar-refractivity contribution in [3.05, 3.63) is 0 Å². The van der Waals surface area contributed by atoms with E-state index < -0.39 is 0 Å². The Morgan fingerprint density at radius 3 is 2.67 bits per heavy atom. The van der Waals surface area contributed by atoms with Gasteiger partial charge in [-0.1, -0.05) is 20.3 Å². The first-order chi connectivity index (χ1) is 11.0. The Morgan fingerprint density at radius 2 is 2.00 bits per heavy atom. The summed E-state index contributed by atoms with van der Waals surface area (Å²) in [4.78, 5) is 11.9. The van der Waals surface area contributed by atoms with Crippen LogP contribution in [0.3, 0.4) is 0 Å². The van der Waals surface area contributed by atoms with E-state index in [2.05, 4.69) is 53.0 Å². The number of piperazine rings is 1. The first-order valence-corrected chi connectivity index (χ1v) is 9.32. The number of piperidine rings is 1. The van der Waals surface area contributed by atoms with Crippen molar-refractivity contribution in [1.82, 2.24) is 20.0 Å². The molecule has 0 aromatic carbocycles. The maximum absolute atomic E-state index is 4.57. The van der Waals surface area contributed by atoms with Crippen LogP contribution >= 0.6 is 24.0 Å². The van der Waals surface area contributed by atoms with Gasteiger partial charge in [-0.2, -0.15) is 0 Å². The van der Waals surface area contributed by atoms with Crippen molar-refractivity contribution < 1.29 is 0 Å². The van der Waals surface area contributed by atoms with Gasteiger partial charge in [0.1, 0.15) is 0 Å². The van der Waals surface area contributed by atoms with E-state index in [-0.39, 0.29) is 24.0 Å². The van der Waals surface area contributed by atoms with Gasteiger partial charge in [-0.05, 0) is 38.8 Å². The summed E-state index contributed by atoms with van der Waals surface area (Å²) in [6, 6.07) is 0.567. The van der Waals surface area contributed by atoms with E-state index in [9.17, 15) is 0 Å². The molecule has 2 atom stereocenters. The monoisotopic (exact) mass is 451 g/mol. The Balaban J connectivity index is 0.00000288. The van der Waals surface area contributed by atoms with Crippen molar-refractivity contribution >= 4 is 29.9 Å². The summed E-state index contributed by atoms with van der Waals surface area (Å²) in [5.74, 6) is 1.09. The first-order valence-electron chi connectivity index (χ1n) is 9.32. The van der Waals surface area contributed by atoms with Gasteiger partial charge in [0.2, 0.25) is 0 Å². The van der Waals surface area contributed by atoms with Gasteiger partial charge < -0.3 is 15.1 Å². The van der Waals surface area contributed by atoms with Crippen LogP contribution in [0.15, 0.2) is 4.99 Å². The number of guanidine groups is 1. The van der Waals surface area contributed by atoms with E-state index in [1.165, 1.54) is 32.2 Å². The summed E-state index contributed by atoms with van der Waals surface area (Å²) >= 11 is 0. The minimum atomic E-state index is 0. The van der Waals surface area contributed by atoms with Gasteiger partial charge in [-0.15, -0.1) is 24.0 Å². The fourth-order valence-corrected chi connectivity index (χ4v) is 4.17. The highest BCUT2D eigenvalue weighted by atomic mass is 127. The van der Waals surface area contributed by atoms with Crippen molar-refractivity contribution in [3.8, 4) is 0 Å². The number of aliphatic imine (C=N–C) groups is 1. The van der Waals surface area contributed by atoms with Gasteiger partial charge in [0.15, 0.2) is 5.96 Å². The molecule has 0 radical (unpaired) electrons. The topological polar surface area (TPSA) is 34.1 Å². The van der Waals surface area contributed by atoms with Gasteiger partial charge in [0.25, 0.3) is 0 Å². The molecule has 2 fully saturated rings. The third kappa shape index (κ3) is 6.02. The maximum atomic E-state index is 4.57. The molecule has 1 N–H and O–H groups in total. The molecule has 0 aliphatic carbocycles. The average Bonchev–Trinajstić information content (AvgIpc) is 2.51. The lowest BCUT2D eigenvalue weighted by atomic mass is 9.78. The molecule has 2 heterocycles. The van der Waals surface area contributed by atoms with E-state index in [4.69, 9.17) is 0 Å². The zero-order valence-electron chi connectivity index (χ0n) is 16.3. The largest absolute Gasteiger partial charge is 0.355 e. The van der Waals surface area contributed by atoms with Gasteiger partial charge >= 0.3 is 0 Å². The molecule has 2 aliphatic rings. The van der Waals surface area contributed by atoms with Crippen molar-refractivity contribution in [2.45, 2.75) is 45.6 Å². The van der Waals surface area contributed by atoms with Crippen LogP contribution in [0.5, 0.6) is 0 Å². The normalized spacial score (nSPS) is 30.1. The molecule has 6 heteroatoms. The number of likely N-dealkylation sites (N-methyl/N-ethyl adjacent to an activating group) is 2. The number of nitrogens with zero attached hydrogens (tertiary/aromatic N) is 4. The molecule has 2 aliphatic heterocycles. The highest BCUT2D eigenvalue weighted by Gasteiger charge is 2.32. The quantitative estimate of drug-likeness (QED) is 0.404. The highest BCUT2D eigenvalue weighted by molar-refractivity contribution is 14.0. The molecule has 0 aromatic rings. The lowest BCUT2D eigenvalue weighted by Crippen LogP contribution is -2.57. The predicted octanol–water partition coefficient (Wildman–Crippen LogP) is 2.33. The number of hydrogen-bond acceptors (Lipinski definition) is 3. The molecule has 142 valence electrons. The third-order valence-corrected chi connectivity index (χ3v) is 5.62. The van der Waals surface area contributed by atoms with Crippen LogP contribution in [-0.4, -0.2) is 87.1 Å². The Bertz CT molecular complexity index is 399. The fraction of sp³-hybridized carbons (Fsp3) is 0.944. The van der Waals surface area contributed by atoms with Crippen LogP contribution in [0.25, 0.3) is 0 Å². The molecule has 0 aromatic heterocycles. The summed E-state index contributed by atoms with van der Waals surface area (Å²) < 4.78 is 0. The standard InChI is InChI=1S/C18H37N5.HI/c1-6-8-18(2)9-7-10-23(15-18)17(19-3)20-13-16-14-21(4)11-12-22(16)5;/h16H,6-15H2,1-5H3,(H,19,20);1H. The van der Waals surface area contributed by atoms with Crippen molar-refractivity contribution in [2.24, 2.45) is 10.4 Å². The van der Waals surface area contributed by atoms with Gasteiger partial charge in [0, 0.05) is 52.4 Å². The van der Waals surface area contributed by atoms with E-state index in [1.807, 2.05) is 7.05 Å². The molecule has 2 unspecified atom stereocenters. The lowest BCUT2D eigenvalue weighted by Gasteiger charge is -2.43. The van der Waals surface area contributed by atoms with Crippen LogP contribution in [0.2, 0.25) is 0 Å². The van der Waals surface area contributed by atoms with E-state index >= 15 is 0 Å². The zero-order valence-corrected chi connectivity index (χ0v) is 18.7. The van der Waals surface area contributed by atoms with Gasteiger partial charge in [0.05, 0.1) is 0 Å². The Kier molecular flexibility index (Phi) is 9.30. The lowest BCUT2D eigenvalue weighted by molar-refractivity contribution is 0.113. The van der Waals surface area contributed by atoms with Crippen LogP contribution < -0.4 is 5.32 Å². The molecule has 0 saturated carbocycles. The average molecular weight is 451 g/mol. The molecular weight excluding hydrogens is 413 g/mol. The zero-order chi connectivity index (χ0) is 16.9. The van der Waals surface area contributed by atoms with E-state index in [1.54, 1.807) is 0 Å². The Labute approximate surface area is 166 Å². The summed E-state index contributed by atoms with van der Waals surface area (Å²) in [6.45, 7) is 11.5. The molecule has 2 saturated heterocycles. The number of halogens is 1. The summed E-state index contributed by atoms with van der Waals surface area (Å²) in [5, 5.41) is 3.65. The summed E-state index contributed by atoms with van der Waals surface area (Å²) in [6.07, 6.45) is 5.22.